The zero-order valence-corrected chi connectivity index (χ0v) is 11.8. The van der Waals surface area contributed by atoms with Crippen LogP contribution in [0.2, 0.25) is 0 Å². The van der Waals surface area contributed by atoms with E-state index >= 15 is 0 Å². The average molecular weight is 304 g/mol. The van der Waals surface area contributed by atoms with Gasteiger partial charge in [0, 0.05) is 30.7 Å². The second kappa shape index (κ2) is 5.57. The molecule has 3 heterocycles. The monoisotopic (exact) mass is 304 g/mol. The number of nitrogens with zero attached hydrogens (tertiary/aromatic N) is 4. The molecule has 108 valence electrons. The van der Waals surface area contributed by atoms with E-state index in [1.807, 2.05) is 5.38 Å². The van der Waals surface area contributed by atoms with Gasteiger partial charge in [0.25, 0.3) is 0 Å². The van der Waals surface area contributed by atoms with Crippen LogP contribution in [0.4, 0.5) is 0 Å². The number of carboxylic acids is 1. The highest BCUT2D eigenvalue weighted by Crippen LogP contribution is 2.24. The van der Waals surface area contributed by atoms with Crippen molar-refractivity contribution in [2.45, 2.75) is 13.0 Å². The molecule has 2 aromatic heterocycles. The topological polar surface area (TPSA) is 96.3 Å². The largest absolute Gasteiger partial charge is 0.481 e. The first-order valence-corrected chi connectivity index (χ1v) is 7.23. The molecule has 1 amide bonds. The second-order valence-corrected chi connectivity index (χ2v) is 5.61. The quantitative estimate of drug-likeness (QED) is 0.906. The molecule has 0 spiro atoms. The third kappa shape index (κ3) is 2.89. The van der Waals surface area contributed by atoms with Gasteiger partial charge in [-0.3, -0.25) is 19.6 Å². The molecule has 3 rings (SSSR count). The Morgan fingerprint density at radius 2 is 2.33 bits per heavy atom. The van der Waals surface area contributed by atoms with Crippen LogP contribution in [-0.4, -0.2) is 43.4 Å². The van der Waals surface area contributed by atoms with E-state index in [9.17, 15) is 9.59 Å². The maximum atomic E-state index is 11.8. The lowest BCUT2D eigenvalue weighted by Gasteiger charge is -2.13. The highest BCUT2D eigenvalue weighted by atomic mass is 32.1. The summed E-state index contributed by atoms with van der Waals surface area (Å²) in [5.74, 6) is -1.68. The van der Waals surface area contributed by atoms with Crippen LogP contribution in [0, 0.1) is 5.92 Å². The number of carbonyl (C=O) groups is 2. The Bertz CT molecular complexity index is 673. The van der Waals surface area contributed by atoms with Gasteiger partial charge >= 0.3 is 5.97 Å². The summed E-state index contributed by atoms with van der Waals surface area (Å²) in [6.45, 7) is 0.575. The predicted molar refractivity (Wildman–Crippen MR) is 74.3 cm³/mol. The summed E-state index contributed by atoms with van der Waals surface area (Å²) in [5, 5.41) is 11.5. The van der Waals surface area contributed by atoms with Crippen molar-refractivity contribution in [3.8, 4) is 10.7 Å². The smallest absolute Gasteiger partial charge is 0.308 e. The van der Waals surface area contributed by atoms with Crippen LogP contribution in [0.15, 0.2) is 24.0 Å². The number of hydrogen-bond donors (Lipinski definition) is 1. The number of aliphatic carboxylic acids is 1. The van der Waals surface area contributed by atoms with E-state index in [-0.39, 0.29) is 18.9 Å². The molecule has 7 nitrogen and oxygen atoms in total. The minimum absolute atomic E-state index is 0.0660. The first-order chi connectivity index (χ1) is 10.1. The van der Waals surface area contributed by atoms with E-state index in [4.69, 9.17) is 5.11 Å². The van der Waals surface area contributed by atoms with Crippen LogP contribution in [0.1, 0.15) is 12.1 Å². The van der Waals surface area contributed by atoms with Crippen molar-refractivity contribution in [3.63, 3.8) is 0 Å². The van der Waals surface area contributed by atoms with Gasteiger partial charge in [-0.05, 0) is 0 Å². The van der Waals surface area contributed by atoms with Gasteiger partial charge in [-0.25, -0.2) is 4.98 Å². The highest BCUT2D eigenvalue weighted by molar-refractivity contribution is 7.13. The van der Waals surface area contributed by atoms with E-state index in [2.05, 4.69) is 15.0 Å². The third-order valence-corrected chi connectivity index (χ3v) is 4.16. The van der Waals surface area contributed by atoms with E-state index in [1.54, 1.807) is 18.6 Å². The molecule has 0 saturated carbocycles. The van der Waals surface area contributed by atoms with Crippen LogP contribution in [0.5, 0.6) is 0 Å². The lowest BCUT2D eigenvalue weighted by molar-refractivity contribution is -0.141. The standard InChI is InChI=1S/C13H12N4O3S/c18-11-3-8(13(19)20)5-17(11)6-9-7-21-12(16-9)10-4-14-1-2-15-10/h1-2,4,7-8H,3,5-6H2,(H,19,20)/t8-/m1/s1. The normalized spacial score (nSPS) is 18.2. The molecule has 0 aromatic carbocycles. The fourth-order valence-corrected chi connectivity index (χ4v) is 2.96. The molecule has 21 heavy (non-hydrogen) atoms. The summed E-state index contributed by atoms with van der Waals surface area (Å²) < 4.78 is 0. The number of likely N-dealkylation sites (tertiary alicyclic amines) is 1. The maximum absolute atomic E-state index is 11.8. The van der Waals surface area contributed by atoms with Gasteiger partial charge in [-0.2, -0.15) is 0 Å². The summed E-state index contributed by atoms with van der Waals surface area (Å²) in [4.78, 5) is 36.8. The average Bonchev–Trinajstić information content (AvgIpc) is 3.08. The molecule has 1 fully saturated rings. The summed E-state index contributed by atoms with van der Waals surface area (Å²) in [5.41, 5.74) is 1.42. The second-order valence-electron chi connectivity index (χ2n) is 4.75. The molecule has 0 unspecified atom stereocenters. The minimum Gasteiger partial charge on any atom is -0.481 e. The van der Waals surface area contributed by atoms with E-state index in [0.29, 0.717) is 12.2 Å². The lowest BCUT2D eigenvalue weighted by atomic mass is 10.1. The van der Waals surface area contributed by atoms with Crippen molar-refractivity contribution >= 4 is 23.2 Å². The van der Waals surface area contributed by atoms with Crippen molar-refractivity contribution < 1.29 is 14.7 Å². The molecule has 2 aromatic rings. The van der Waals surface area contributed by atoms with Gasteiger partial charge in [0.05, 0.1) is 24.4 Å². The fraction of sp³-hybridized carbons (Fsp3) is 0.308. The molecule has 0 bridgehead atoms. The summed E-state index contributed by atoms with van der Waals surface area (Å²) in [6.07, 6.45) is 4.88. The first-order valence-electron chi connectivity index (χ1n) is 6.35. The Morgan fingerprint density at radius 1 is 1.48 bits per heavy atom. The molecule has 0 aliphatic carbocycles. The Hall–Kier alpha value is -2.35. The number of aromatic nitrogens is 3. The number of rotatable bonds is 4. The minimum atomic E-state index is -0.927. The maximum Gasteiger partial charge on any atom is 0.308 e. The summed E-state index contributed by atoms with van der Waals surface area (Å²) in [6, 6.07) is 0. The van der Waals surface area contributed by atoms with Gasteiger partial charge in [0.15, 0.2) is 0 Å². The van der Waals surface area contributed by atoms with Crippen molar-refractivity contribution in [2.75, 3.05) is 6.54 Å². The third-order valence-electron chi connectivity index (χ3n) is 3.25. The molecule has 1 saturated heterocycles. The van der Waals surface area contributed by atoms with Crippen molar-refractivity contribution in [1.29, 1.82) is 0 Å². The molecule has 1 aliphatic rings. The van der Waals surface area contributed by atoms with Gasteiger partial charge in [-0.1, -0.05) is 0 Å². The fourth-order valence-electron chi connectivity index (χ4n) is 2.19. The molecule has 0 radical (unpaired) electrons. The molecular formula is C13H12N4O3S. The van der Waals surface area contributed by atoms with Crippen molar-refractivity contribution in [3.05, 3.63) is 29.7 Å². The molecule has 1 aliphatic heterocycles. The Kier molecular flexibility index (Phi) is 3.61. The van der Waals surface area contributed by atoms with Crippen LogP contribution in [0.3, 0.4) is 0 Å². The number of carboxylic acid groups (broad SMARTS) is 1. The highest BCUT2D eigenvalue weighted by Gasteiger charge is 2.34. The zero-order valence-electron chi connectivity index (χ0n) is 11.0. The van der Waals surface area contributed by atoms with Crippen molar-refractivity contribution in [2.24, 2.45) is 5.92 Å². The lowest BCUT2D eigenvalue weighted by Crippen LogP contribution is -2.25. The Balaban J connectivity index is 1.71. The van der Waals surface area contributed by atoms with E-state index in [1.165, 1.54) is 16.2 Å². The van der Waals surface area contributed by atoms with Gasteiger partial charge in [-0.15, -0.1) is 11.3 Å². The van der Waals surface area contributed by atoms with Crippen LogP contribution >= 0.6 is 11.3 Å². The number of amides is 1. The van der Waals surface area contributed by atoms with Crippen LogP contribution < -0.4 is 0 Å². The first kappa shape index (κ1) is 13.6. The number of hydrogen-bond acceptors (Lipinski definition) is 6. The molecular weight excluding hydrogens is 292 g/mol. The van der Waals surface area contributed by atoms with Crippen LogP contribution in [0.25, 0.3) is 10.7 Å². The predicted octanol–water partition coefficient (Wildman–Crippen LogP) is 1.03. The molecule has 1 atom stereocenters. The van der Waals surface area contributed by atoms with Gasteiger partial charge in [0.1, 0.15) is 10.7 Å². The molecule has 8 heteroatoms. The van der Waals surface area contributed by atoms with Gasteiger partial charge < -0.3 is 10.0 Å². The Morgan fingerprint density at radius 3 is 3.00 bits per heavy atom. The van der Waals surface area contributed by atoms with Crippen molar-refractivity contribution in [1.82, 2.24) is 19.9 Å². The summed E-state index contributed by atoms with van der Waals surface area (Å²) in [7, 11) is 0. The SMILES string of the molecule is O=C(O)[C@@H]1CC(=O)N(Cc2csc(-c3cnccn3)n2)C1. The zero-order chi connectivity index (χ0) is 14.8. The van der Waals surface area contributed by atoms with E-state index in [0.717, 1.165) is 10.7 Å². The van der Waals surface area contributed by atoms with Crippen LogP contribution in [-0.2, 0) is 16.1 Å². The van der Waals surface area contributed by atoms with Gasteiger partial charge in [0.2, 0.25) is 5.91 Å². The summed E-state index contributed by atoms with van der Waals surface area (Å²) >= 11 is 1.43. The Labute approximate surface area is 124 Å². The number of thiazole rings is 1. The van der Waals surface area contributed by atoms with E-state index < -0.39 is 11.9 Å². The molecule has 1 N–H and O–H groups in total. The number of carbonyl (C=O) groups excluding carboxylic acids is 1.